The molecule has 9 heteroatoms. The van der Waals surface area contributed by atoms with E-state index in [9.17, 15) is 13.2 Å². The maximum Gasteiger partial charge on any atom is 0.433 e. The molecule has 0 atom stereocenters. The zero-order chi connectivity index (χ0) is 19.9. The molecule has 3 heterocycles. The average Bonchev–Trinajstić information content (AvgIpc) is 3.35. The molecule has 0 radical (unpaired) electrons. The van der Waals surface area contributed by atoms with Crippen LogP contribution in [0.1, 0.15) is 5.69 Å². The number of furan rings is 1. The molecule has 144 valence electrons. The van der Waals surface area contributed by atoms with Gasteiger partial charge in [-0.1, -0.05) is 6.07 Å². The maximum absolute atomic E-state index is 13.6. The van der Waals surface area contributed by atoms with E-state index >= 15 is 0 Å². The van der Waals surface area contributed by atoms with Crippen molar-refractivity contribution in [3.63, 3.8) is 0 Å². The fraction of sp³-hybridized carbons (Fsp3) is 0.158. The van der Waals surface area contributed by atoms with Gasteiger partial charge in [0.25, 0.3) is 0 Å². The van der Waals surface area contributed by atoms with Crippen molar-refractivity contribution >= 4 is 5.65 Å². The van der Waals surface area contributed by atoms with Crippen molar-refractivity contribution in [2.75, 3.05) is 14.2 Å². The lowest BCUT2D eigenvalue weighted by Crippen LogP contribution is -2.13. The summed E-state index contributed by atoms with van der Waals surface area (Å²) in [7, 11) is 2.98. The third-order valence-corrected chi connectivity index (χ3v) is 4.23. The first-order valence-electron chi connectivity index (χ1n) is 8.14. The van der Waals surface area contributed by atoms with Crippen molar-refractivity contribution in [2.24, 2.45) is 0 Å². The van der Waals surface area contributed by atoms with Crippen LogP contribution >= 0.6 is 0 Å². The Morgan fingerprint density at radius 2 is 1.82 bits per heavy atom. The lowest BCUT2D eigenvalue weighted by Gasteiger charge is -2.11. The molecule has 4 rings (SSSR count). The molecule has 0 saturated heterocycles. The number of alkyl halides is 3. The lowest BCUT2D eigenvalue weighted by atomic mass is 10.1. The third kappa shape index (κ3) is 2.94. The van der Waals surface area contributed by atoms with E-state index in [4.69, 9.17) is 13.9 Å². The minimum absolute atomic E-state index is 0.0495. The fourth-order valence-corrected chi connectivity index (χ4v) is 2.92. The summed E-state index contributed by atoms with van der Waals surface area (Å²) in [5.41, 5.74) is 0.167. The quantitative estimate of drug-likeness (QED) is 0.507. The zero-order valence-electron chi connectivity index (χ0n) is 14.8. The molecule has 0 aliphatic heterocycles. The molecule has 0 unspecified atom stereocenters. The van der Waals surface area contributed by atoms with E-state index in [0.29, 0.717) is 22.6 Å². The molecule has 0 N–H and O–H groups in total. The second-order valence-electron chi connectivity index (χ2n) is 5.87. The second kappa shape index (κ2) is 6.59. The fourth-order valence-electron chi connectivity index (χ4n) is 2.92. The molecule has 1 aromatic carbocycles. The summed E-state index contributed by atoms with van der Waals surface area (Å²) in [6.07, 6.45) is -1.91. The predicted octanol–water partition coefficient (Wildman–Crippen LogP) is 4.69. The van der Waals surface area contributed by atoms with Gasteiger partial charge in [0.05, 0.1) is 26.7 Å². The van der Waals surface area contributed by atoms with Crippen LogP contribution in [0.4, 0.5) is 13.2 Å². The largest absolute Gasteiger partial charge is 0.493 e. The zero-order valence-corrected chi connectivity index (χ0v) is 14.8. The minimum atomic E-state index is -4.62. The van der Waals surface area contributed by atoms with Gasteiger partial charge in [0.2, 0.25) is 0 Å². The highest BCUT2D eigenvalue weighted by molar-refractivity contribution is 5.80. The van der Waals surface area contributed by atoms with Crippen LogP contribution in [0, 0.1) is 0 Å². The van der Waals surface area contributed by atoms with Gasteiger partial charge in [0.1, 0.15) is 5.69 Å². The standard InChI is InChI=1S/C19H14F3N3O3/c1-26-15-6-5-11(8-16(15)27-2)12-10-23-25-17(19(20,21)22)9-13(24-18(12)25)14-4-3-7-28-14/h3-10H,1-2H3. The second-order valence-corrected chi connectivity index (χ2v) is 5.87. The average molecular weight is 389 g/mol. The molecule has 0 bridgehead atoms. The smallest absolute Gasteiger partial charge is 0.433 e. The number of aromatic nitrogens is 3. The molecule has 28 heavy (non-hydrogen) atoms. The minimum Gasteiger partial charge on any atom is -0.493 e. The van der Waals surface area contributed by atoms with E-state index in [1.165, 1.54) is 26.7 Å². The first-order valence-corrected chi connectivity index (χ1v) is 8.14. The first kappa shape index (κ1) is 17.9. The Bertz CT molecular complexity index is 1130. The monoisotopic (exact) mass is 389 g/mol. The van der Waals surface area contributed by atoms with Crippen LogP contribution in [0.15, 0.2) is 53.3 Å². The molecule has 0 amide bonds. The van der Waals surface area contributed by atoms with Gasteiger partial charge in [0, 0.05) is 5.56 Å². The van der Waals surface area contributed by atoms with Crippen molar-refractivity contribution < 1.29 is 27.1 Å². The summed E-state index contributed by atoms with van der Waals surface area (Å²) >= 11 is 0. The Morgan fingerprint density at radius 3 is 2.46 bits per heavy atom. The van der Waals surface area contributed by atoms with Crippen molar-refractivity contribution in [1.82, 2.24) is 14.6 Å². The molecule has 3 aromatic heterocycles. The van der Waals surface area contributed by atoms with Crippen LogP contribution in [0.3, 0.4) is 0 Å². The van der Waals surface area contributed by atoms with Gasteiger partial charge in [0.15, 0.2) is 28.6 Å². The van der Waals surface area contributed by atoms with Crippen LogP contribution in [0.25, 0.3) is 28.2 Å². The van der Waals surface area contributed by atoms with Crippen molar-refractivity contribution in [3.8, 4) is 34.1 Å². The van der Waals surface area contributed by atoms with Gasteiger partial charge in [-0.15, -0.1) is 0 Å². The van der Waals surface area contributed by atoms with Crippen LogP contribution < -0.4 is 9.47 Å². The number of hydrogen-bond donors (Lipinski definition) is 0. The summed E-state index contributed by atoms with van der Waals surface area (Å²) in [6, 6.07) is 9.07. The van der Waals surface area contributed by atoms with E-state index < -0.39 is 11.9 Å². The maximum atomic E-state index is 13.6. The van der Waals surface area contributed by atoms with Gasteiger partial charge in [-0.2, -0.15) is 18.3 Å². The molecule has 4 aromatic rings. The number of halogens is 3. The van der Waals surface area contributed by atoms with Crippen molar-refractivity contribution in [3.05, 3.63) is 54.6 Å². The highest BCUT2D eigenvalue weighted by Gasteiger charge is 2.36. The van der Waals surface area contributed by atoms with Crippen molar-refractivity contribution in [2.45, 2.75) is 6.18 Å². The number of hydrogen-bond acceptors (Lipinski definition) is 5. The highest BCUT2D eigenvalue weighted by atomic mass is 19.4. The Balaban J connectivity index is 1.97. The number of methoxy groups -OCH3 is 2. The van der Waals surface area contributed by atoms with Crippen LogP contribution in [-0.4, -0.2) is 28.8 Å². The molecule has 0 saturated carbocycles. The Kier molecular flexibility index (Phi) is 4.21. The van der Waals surface area contributed by atoms with E-state index in [2.05, 4.69) is 10.1 Å². The number of fused-ring (bicyclic) bond motifs is 1. The number of benzene rings is 1. The van der Waals surface area contributed by atoms with E-state index in [1.807, 2.05) is 0 Å². The van der Waals surface area contributed by atoms with Gasteiger partial charge < -0.3 is 13.9 Å². The van der Waals surface area contributed by atoms with Gasteiger partial charge in [-0.3, -0.25) is 0 Å². The summed E-state index contributed by atoms with van der Waals surface area (Å²) in [5, 5.41) is 3.91. The molecule has 0 fully saturated rings. The summed E-state index contributed by atoms with van der Waals surface area (Å²) in [4.78, 5) is 4.36. The Hall–Kier alpha value is -3.49. The number of nitrogens with zero attached hydrogens (tertiary/aromatic N) is 3. The molecular weight excluding hydrogens is 375 g/mol. The Labute approximate surface area is 157 Å². The van der Waals surface area contributed by atoms with E-state index in [-0.39, 0.29) is 17.1 Å². The first-order chi connectivity index (χ1) is 13.4. The van der Waals surface area contributed by atoms with E-state index in [0.717, 1.165) is 10.6 Å². The Morgan fingerprint density at radius 1 is 1.04 bits per heavy atom. The normalized spacial score (nSPS) is 11.8. The SMILES string of the molecule is COc1ccc(-c2cnn3c(C(F)(F)F)cc(-c4ccco4)nc23)cc1OC. The summed E-state index contributed by atoms with van der Waals surface area (Å²) < 4.78 is 57.3. The topological polar surface area (TPSA) is 61.8 Å². The summed E-state index contributed by atoms with van der Waals surface area (Å²) in [5.74, 6) is 1.17. The molecule has 0 aliphatic rings. The van der Waals surface area contributed by atoms with Crippen LogP contribution in [0.5, 0.6) is 11.5 Å². The van der Waals surface area contributed by atoms with Gasteiger partial charge in [-0.25, -0.2) is 9.50 Å². The third-order valence-electron chi connectivity index (χ3n) is 4.23. The van der Waals surface area contributed by atoms with Crippen LogP contribution in [0.2, 0.25) is 0 Å². The molecule has 6 nitrogen and oxygen atoms in total. The van der Waals surface area contributed by atoms with Gasteiger partial charge >= 0.3 is 6.18 Å². The molecule has 0 aliphatic carbocycles. The number of rotatable bonds is 4. The lowest BCUT2D eigenvalue weighted by molar-refractivity contribution is -0.142. The predicted molar refractivity (Wildman–Crippen MR) is 94.2 cm³/mol. The molecular formula is C19H14F3N3O3. The molecule has 0 spiro atoms. The van der Waals surface area contributed by atoms with Crippen molar-refractivity contribution in [1.29, 1.82) is 0 Å². The van der Waals surface area contributed by atoms with E-state index in [1.54, 1.807) is 30.3 Å². The van der Waals surface area contributed by atoms with Crippen LogP contribution in [-0.2, 0) is 6.18 Å². The summed E-state index contributed by atoms with van der Waals surface area (Å²) in [6.45, 7) is 0. The van der Waals surface area contributed by atoms with Gasteiger partial charge in [-0.05, 0) is 35.9 Å². The highest BCUT2D eigenvalue weighted by Crippen LogP contribution is 2.37. The number of ether oxygens (including phenoxy) is 2.